The first-order valence-electron chi connectivity index (χ1n) is 4.97. The van der Waals surface area contributed by atoms with Gasteiger partial charge in [-0.3, -0.25) is 0 Å². The maximum absolute atomic E-state index is 11.5. The van der Waals surface area contributed by atoms with Gasteiger partial charge in [0.1, 0.15) is 17.1 Å². The highest BCUT2D eigenvalue weighted by atomic mass is 16.5. The number of fused-ring (bicyclic) bond motifs is 1. The topological polar surface area (TPSA) is 46.5 Å². The van der Waals surface area contributed by atoms with E-state index < -0.39 is 5.97 Å². The van der Waals surface area contributed by atoms with Gasteiger partial charge in [-0.25, -0.2) is 4.79 Å². The predicted octanol–water partition coefficient (Wildman–Crippen LogP) is 2.67. The molecule has 1 aromatic carbocycles. The van der Waals surface area contributed by atoms with E-state index in [1.54, 1.807) is 18.2 Å². The molecular formula is C12H12O3. The van der Waals surface area contributed by atoms with Crippen molar-refractivity contribution in [3.8, 4) is 5.75 Å². The third kappa shape index (κ3) is 1.61. The molecule has 0 amide bonds. The zero-order chi connectivity index (χ0) is 10.8. The number of allylic oxidation sites excluding steroid dienone is 1. The molecule has 0 atom stereocenters. The molecule has 2 rings (SSSR count). The maximum Gasteiger partial charge on any atom is 0.347 e. The molecule has 15 heavy (non-hydrogen) atoms. The van der Waals surface area contributed by atoms with Gasteiger partial charge >= 0.3 is 5.97 Å². The molecule has 3 nitrogen and oxygen atoms in total. The molecule has 1 aliphatic rings. The van der Waals surface area contributed by atoms with E-state index in [1.807, 2.05) is 13.0 Å². The van der Waals surface area contributed by atoms with Gasteiger partial charge < -0.3 is 9.84 Å². The zero-order valence-corrected chi connectivity index (χ0v) is 8.49. The molecular weight excluding hydrogens is 192 g/mol. The smallest absolute Gasteiger partial charge is 0.347 e. The van der Waals surface area contributed by atoms with Crippen LogP contribution >= 0.6 is 0 Å². The van der Waals surface area contributed by atoms with Gasteiger partial charge in [-0.1, -0.05) is 25.1 Å². The molecule has 0 bridgehead atoms. The molecule has 1 N–H and O–H groups in total. The summed E-state index contributed by atoms with van der Waals surface area (Å²) in [5, 5.41) is 9.74. The predicted molar refractivity (Wildman–Crippen MR) is 56.5 cm³/mol. The van der Waals surface area contributed by atoms with Crippen LogP contribution < -0.4 is 4.74 Å². The summed E-state index contributed by atoms with van der Waals surface area (Å²) in [7, 11) is 0. The average molecular weight is 204 g/mol. The van der Waals surface area contributed by atoms with Crippen molar-refractivity contribution in [1.82, 2.24) is 0 Å². The number of aliphatic hydroxyl groups excluding tert-OH is 1. The molecule has 3 heteroatoms. The van der Waals surface area contributed by atoms with E-state index in [2.05, 4.69) is 0 Å². The van der Waals surface area contributed by atoms with Crippen LogP contribution in [0.25, 0.3) is 5.57 Å². The summed E-state index contributed by atoms with van der Waals surface area (Å²) in [6, 6.07) is 7.12. The summed E-state index contributed by atoms with van der Waals surface area (Å²) >= 11 is 0. The van der Waals surface area contributed by atoms with E-state index in [9.17, 15) is 9.90 Å². The van der Waals surface area contributed by atoms with Crippen LogP contribution in [-0.2, 0) is 4.79 Å². The Bertz CT molecular complexity index is 432. The summed E-state index contributed by atoms with van der Waals surface area (Å²) in [5.41, 5.74) is 1.00. The summed E-state index contributed by atoms with van der Waals surface area (Å²) in [5.74, 6) is 0.190. The molecule has 1 heterocycles. The minimum Gasteiger partial charge on any atom is -0.511 e. The summed E-state index contributed by atoms with van der Waals surface area (Å²) in [4.78, 5) is 11.5. The monoisotopic (exact) mass is 204 g/mol. The van der Waals surface area contributed by atoms with E-state index in [0.717, 1.165) is 6.42 Å². The molecule has 1 aliphatic heterocycles. The standard InChI is InChI=1S/C12H12O3/c1-2-5-9(13)11-8-6-3-4-7-10(8)15-12(11)14/h3-4,6-7,13H,2,5H2,1H3. The lowest BCUT2D eigenvalue weighted by molar-refractivity contribution is -0.127. The Labute approximate surface area is 88.0 Å². The van der Waals surface area contributed by atoms with Crippen LogP contribution in [0, 0.1) is 0 Å². The number of hydrogen-bond donors (Lipinski definition) is 1. The Balaban J connectivity index is 2.50. The minimum atomic E-state index is -0.456. The Morgan fingerprint density at radius 3 is 2.87 bits per heavy atom. The van der Waals surface area contributed by atoms with Crippen molar-refractivity contribution in [2.24, 2.45) is 0 Å². The molecule has 0 unspecified atom stereocenters. The largest absolute Gasteiger partial charge is 0.511 e. The van der Waals surface area contributed by atoms with Crippen molar-refractivity contribution in [1.29, 1.82) is 0 Å². The van der Waals surface area contributed by atoms with Crippen LogP contribution in [0.2, 0.25) is 0 Å². The van der Waals surface area contributed by atoms with Gasteiger partial charge in [0.25, 0.3) is 0 Å². The van der Waals surface area contributed by atoms with Crippen LogP contribution in [-0.4, -0.2) is 11.1 Å². The molecule has 0 aliphatic carbocycles. The Morgan fingerprint density at radius 1 is 1.40 bits per heavy atom. The van der Waals surface area contributed by atoms with Crippen LogP contribution in [0.15, 0.2) is 30.0 Å². The number of esters is 1. The number of carbonyl (C=O) groups is 1. The zero-order valence-electron chi connectivity index (χ0n) is 8.49. The van der Waals surface area contributed by atoms with Gasteiger partial charge in [0.05, 0.1) is 0 Å². The van der Waals surface area contributed by atoms with Gasteiger partial charge in [-0.2, -0.15) is 0 Å². The molecule has 0 aromatic heterocycles. The molecule has 1 aromatic rings. The van der Waals surface area contributed by atoms with Crippen LogP contribution in [0.4, 0.5) is 0 Å². The van der Waals surface area contributed by atoms with Gasteiger partial charge in [0.2, 0.25) is 0 Å². The van der Waals surface area contributed by atoms with E-state index >= 15 is 0 Å². The highest BCUT2D eigenvalue weighted by Gasteiger charge is 2.29. The number of para-hydroxylation sites is 1. The lowest BCUT2D eigenvalue weighted by Gasteiger charge is -2.00. The molecule has 0 radical (unpaired) electrons. The van der Waals surface area contributed by atoms with E-state index in [1.165, 1.54) is 0 Å². The van der Waals surface area contributed by atoms with Crippen molar-refractivity contribution >= 4 is 11.5 Å². The Hall–Kier alpha value is -1.77. The van der Waals surface area contributed by atoms with Crippen molar-refractivity contribution in [2.45, 2.75) is 19.8 Å². The summed E-state index contributed by atoms with van der Waals surface area (Å²) in [6.45, 7) is 1.95. The van der Waals surface area contributed by atoms with Gasteiger partial charge in [-0.05, 0) is 12.5 Å². The van der Waals surface area contributed by atoms with Gasteiger partial charge in [-0.15, -0.1) is 0 Å². The second kappa shape index (κ2) is 3.77. The third-order valence-electron chi connectivity index (χ3n) is 2.34. The van der Waals surface area contributed by atoms with Gasteiger partial charge in [0, 0.05) is 12.0 Å². The number of ether oxygens (including phenoxy) is 1. The number of hydrogen-bond acceptors (Lipinski definition) is 3. The minimum absolute atomic E-state index is 0.118. The summed E-state index contributed by atoms with van der Waals surface area (Å²) in [6.07, 6.45) is 1.30. The fraction of sp³-hybridized carbons (Fsp3) is 0.250. The summed E-state index contributed by atoms with van der Waals surface area (Å²) < 4.78 is 5.03. The third-order valence-corrected chi connectivity index (χ3v) is 2.34. The Kier molecular flexibility index (Phi) is 2.46. The number of aliphatic hydroxyl groups is 1. The number of rotatable bonds is 2. The van der Waals surface area contributed by atoms with Crippen molar-refractivity contribution < 1.29 is 14.6 Å². The van der Waals surface area contributed by atoms with Gasteiger partial charge in [0.15, 0.2) is 0 Å². The van der Waals surface area contributed by atoms with E-state index in [0.29, 0.717) is 23.3 Å². The first kappa shape index (κ1) is 9.77. The first-order valence-corrected chi connectivity index (χ1v) is 4.97. The van der Waals surface area contributed by atoms with Crippen LogP contribution in [0.5, 0.6) is 5.75 Å². The molecule has 78 valence electrons. The first-order chi connectivity index (χ1) is 7.24. The van der Waals surface area contributed by atoms with E-state index in [-0.39, 0.29) is 5.76 Å². The fourth-order valence-electron chi connectivity index (χ4n) is 1.66. The lowest BCUT2D eigenvalue weighted by Crippen LogP contribution is -2.03. The Morgan fingerprint density at radius 2 is 2.13 bits per heavy atom. The molecule has 0 fully saturated rings. The highest BCUT2D eigenvalue weighted by Crippen LogP contribution is 2.35. The average Bonchev–Trinajstić information content (AvgIpc) is 2.54. The number of benzene rings is 1. The van der Waals surface area contributed by atoms with Crippen molar-refractivity contribution in [2.75, 3.05) is 0 Å². The molecule has 0 saturated carbocycles. The SMILES string of the molecule is CCCC(O)=C1C(=O)Oc2ccccc21. The fourth-order valence-corrected chi connectivity index (χ4v) is 1.66. The van der Waals surface area contributed by atoms with Crippen molar-refractivity contribution in [3.05, 3.63) is 35.6 Å². The second-order valence-corrected chi connectivity index (χ2v) is 3.46. The quantitative estimate of drug-likeness (QED) is 0.348. The highest BCUT2D eigenvalue weighted by molar-refractivity contribution is 6.21. The van der Waals surface area contributed by atoms with Crippen LogP contribution in [0.3, 0.4) is 0 Å². The van der Waals surface area contributed by atoms with Crippen molar-refractivity contribution in [3.63, 3.8) is 0 Å². The second-order valence-electron chi connectivity index (χ2n) is 3.46. The maximum atomic E-state index is 11.5. The molecule has 0 spiro atoms. The van der Waals surface area contributed by atoms with E-state index in [4.69, 9.17) is 4.74 Å². The lowest BCUT2D eigenvalue weighted by atomic mass is 10.0. The van der Waals surface area contributed by atoms with Crippen LogP contribution in [0.1, 0.15) is 25.3 Å². The number of carbonyl (C=O) groups excluding carboxylic acids is 1. The normalized spacial score (nSPS) is 17.3. The molecule has 0 saturated heterocycles.